The van der Waals surface area contributed by atoms with Gasteiger partial charge in [0.05, 0.1) is 0 Å². The molecule has 5 aliphatic carbocycles. The highest BCUT2D eigenvalue weighted by molar-refractivity contribution is 5.03. The summed E-state index contributed by atoms with van der Waals surface area (Å²) in [7, 11) is 0. The molecule has 5 fully saturated rings. The quantitative estimate of drug-likeness (QED) is 0.364. The Labute approximate surface area is 177 Å². The minimum atomic E-state index is 0.796. The first-order chi connectivity index (χ1) is 13.7. The number of unbranched alkanes of at least 4 members (excludes halogenated alkanes) is 3. The summed E-state index contributed by atoms with van der Waals surface area (Å²) in [5, 5.41) is 0. The van der Waals surface area contributed by atoms with Gasteiger partial charge in [0.2, 0.25) is 0 Å². The fraction of sp³-hybridized carbons (Fsp3) is 1.00. The third-order valence-electron chi connectivity index (χ3n) is 10.8. The van der Waals surface area contributed by atoms with Crippen LogP contribution >= 0.6 is 0 Å². The van der Waals surface area contributed by atoms with E-state index in [4.69, 9.17) is 0 Å². The van der Waals surface area contributed by atoms with Crippen molar-refractivity contribution in [3.8, 4) is 0 Å². The molecule has 0 unspecified atom stereocenters. The Morgan fingerprint density at radius 1 is 0.607 bits per heavy atom. The van der Waals surface area contributed by atoms with Crippen molar-refractivity contribution in [3.05, 3.63) is 0 Å². The lowest BCUT2D eigenvalue weighted by Gasteiger charge is -2.58. The van der Waals surface area contributed by atoms with Gasteiger partial charge in [0, 0.05) is 0 Å². The average Bonchev–Trinajstić information content (AvgIpc) is 2.78. The number of rotatable bonds is 8. The van der Waals surface area contributed by atoms with Gasteiger partial charge >= 0.3 is 0 Å². The van der Waals surface area contributed by atoms with E-state index in [1.807, 2.05) is 0 Å². The molecule has 0 heteroatoms. The van der Waals surface area contributed by atoms with E-state index in [-0.39, 0.29) is 0 Å². The monoisotopic (exact) mass is 386 g/mol. The number of fused-ring (bicyclic) bond motifs is 3. The molecule has 2 bridgehead atoms. The largest absolute Gasteiger partial charge is 0.0654 e. The third-order valence-corrected chi connectivity index (χ3v) is 10.8. The summed E-state index contributed by atoms with van der Waals surface area (Å²) >= 11 is 0. The summed E-state index contributed by atoms with van der Waals surface area (Å²) in [5.74, 6) is 4.39. The molecule has 5 rings (SSSR count). The van der Waals surface area contributed by atoms with Crippen LogP contribution in [0.25, 0.3) is 0 Å². The maximum atomic E-state index is 2.41. The zero-order chi connectivity index (χ0) is 19.5. The highest BCUT2D eigenvalue weighted by Gasteiger charge is 2.51. The molecule has 162 valence electrons. The van der Waals surface area contributed by atoms with Crippen molar-refractivity contribution >= 4 is 0 Å². The van der Waals surface area contributed by atoms with Gasteiger partial charge in [0.1, 0.15) is 0 Å². The first-order valence-electron chi connectivity index (χ1n) is 13.7. The van der Waals surface area contributed by atoms with Gasteiger partial charge in [-0.25, -0.2) is 0 Å². The second-order valence-corrected chi connectivity index (χ2v) is 12.0. The Kier molecular flexibility index (Phi) is 7.15. The summed E-state index contributed by atoms with van der Waals surface area (Å²) in [5.41, 5.74) is 1.60. The van der Waals surface area contributed by atoms with E-state index in [0.29, 0.717) is 0 Å². The summed E-state index contributed by atoms with van der Waals surface area (Å²) in [6.07, 6.45) is 31.1. The number of hydrogen-bond acceptors (Lipinski definition) is 0. The van der Waals surface area contributed by atoms with Crippen molar-refractivity contribution in [1.82, 2.24) is 0 Å². The SMILES string of the molecule is CCCCCCC12CCC([C@H]3CC[C@H]([C@H]4CC[C@H](CC)CC4)CC3)(CC1)CC2. The number of hydrogen-bond donors (Lipinski definition) is 0. The van der Waals surface area contributed by atoms with Crippen LogP contribution in [0.15, 0.2) is 0 Å². The van der Waals surface area contributed by atoms with E-state index in [1.165, 1.54) is 32.1 Å². The Morgan fingerprint density at radius 2 is 1.18 bits per heavy atom. The smallest absolute Gasteiger partial charge is 0.0269 e. The van der Waals surface area contributed by atoms with Crippen LogP contribution in [0.1, 0.15) is 142 Å². The van der Waals surface area contributed by atoms with Crippen LogP contribution in [0.2, 0.25) is 0 Å². The predicted octanol–water partition coefficient (Wildman–Crippen LogP) is 9.32. The first-order valence-corrected chi connectivity index (χ1v) is 13.7. The molecular formula is C28H50. The van der Waals surface area contributed by atoms with E-state index >= 15 is 0 Å². The summed E-state index contributed by atoms with van der Waals surface area (Å²) in [6, 6.07) is 0. The second kappa shape index (κ2) is 9.43. The summed E-state index contributed by atoms with van der Waals surface area (Å²) < 4.78 is 0. The fourth-order valence-corrected chi connectivity index (χ4v) is 8.48. The van der Waals surface area contributed by atoms with Crippen LogP contribution in [0, 0.1) is 34.5 Å². The van der Waals surface area contributed by atoms with Crippen molar-refractivity contribution in [2.75, 3.05) is 0 Å². The van der Waals surface area contributed by atoms with Crippen molar-refractivity contribution < 1.29 is 0 Å². The molecule has 0 amide bonds. The third kappa shape index (κ3) is 4.51. The van der Waals surface area contributed by atoms with Crippen LogP contribution in [0.4, 0.5) is 0 Å². The molecule has 0 saturated heterocycles. The van der Waals surface area contributed by atoms with E-state index < -0.39 is 0 Å². The molecule has 5 saturated carbocycles. The van der Waals surface area contributed by atoms with Crippen LogP contribution in [-0.2, 0) is 0 Å². The fourth-order valence-electron chi connectivity index (χ4n) is 8.48. The van der Waals surface area contributed by atoms with E-state index in [9.17, 15) is 0 Å². The lowest BCUT2D eigenvalue weighted by Crippen LogP contribution is -2.46. The maximum Gasteiger partial charge on any atom is -0.0269 e. The molecule has 0 nitrogen and oxygen atoms in total. The van der Waals surface area contributed by atoms with Crippen molar-refractivity contribution in [2.45, 2.75) is 142 Å². The topological polar surface area (TPSA) is 0 Å². The van der Waals surface area contributed by atoms with Crippen molar-refractivity contribution in [3.63, 3.8) is 0 Å². The lowest BCUT2D eigenvalue weighted by atomic mass is 9.47. The highest BCUT2D eigenvalue weighted by Crippen LogP contribution is 2.63. The standard InChI is InChI=1S/C28H50/c1-3-5-6-7-16-27-17-20-28(21-18-27,22-19-27)26-14-12-25(13-15-26)24-10-8-23(4-2)9-11-24/h23-26H,3-22H2,1-2H3/t23-,24-,25-,26-,27?,28?. The van der Waals surface area contributed by atoms with E-state index in [2.05, 4.69) is 13.8 Å². The molecule has 0 spiro atoms. The van der Waals surface area contributed by atoms with Gasteiger partial charge < -0.3 is 0 Å². The molecule has 0 aliphatic heterocycles. The molecule has 0 atom stereocenters. The summed E-state index contributed by atoms with van der Waals surface area (Å²) in [4.78, 5) is 0. The molecular weight excluding hydrogens is 336 g/mol. The van der Waals surface area contributed by atoms with Gasteiger partial charge in [0.25, 0.3) is 0 Å². The average molecular weight is 387 g/mol. The lowest BCUT2D eigenvalue weighted by molar-refractivity contribution is -0.0680. The van der Waals surface area contributed by atoms with Crippen molar-refractivity contribution in [1.29, 1.82) is 0 Å². The van der Waals surface area contributed by atoms with Crippen LogP contribution < -0.4 is 0 Å². The normalized spacial score (nSPS) is 43.9. The van der Waals surface area contributed by atoms with Crippen LogP contribution in [0.3, 0.4) is 0 Å². The molecule has 0 N–H and O–H groups in total. The Bertz CT molecular complexity index is 436. The Balaban J connectivity index is 1.23. The Hall–Kier alpha value is 0. The van der Waals surface area contributed by atoms with Crippen LogP contribution in [-0.4, -0.2) is 0 Å². The molecule has 0 heterocycles. The van der Waals surface area contributed by atoms with Gasteiger partial charge in [-0.2, -0.15) is 0 Å². The Morgan fingerprint density at radius 3 is 1.71 bits per heavy atom. The highest BCUT2D eigenvalue weighted by atomic mass is 14.6. The van der Waals surface area contributed by atoms with Crippen LogP contribution in [0.5, 0.6) is 0 Å². The van der Waals surface area contributed by atoms with Gasteiger partial charge in [-0.1, -0.05) is 58.8 Å². The summed E-state index contributed by atoms with van der Waals surface area (Å²) in [6.45, 7) is 4.75. The molecule has 5 aliphatic rings. The van der Waals surface area contributed by atoms with Gasteiger partial charge in [0.15, 0.2) is 0 Å². The minimum Gasteiger partial charge on any atom is -0.0654 e. The minimum absolute atomic E-state index is 0.796. The van der Waals surface area contributed by atoms with Crippen molar-refractivity contribution in [2.24, 2.45) is 34.5 Å². The van der Waals surface area contributed by atoms with E-state index in [0.717, 1.165) is 34.5 Å². The molecule has 0 aromatic heterocycles. The first kappa shape index (κ1) is 21.2. The van der Waals surface area contributed by atoms with Gasteiger partial charge in [-0.15, -0.1) is 0 Å². The molecule has 0 aromatic rings. The van der Waals surface area contributed by atoms with E-state index in [1.54, 1.807) is 96.3 Å². The predicted molar refractivity (Wildman–Crippen MR) is 123 cm³/mol. The molecule has 28 heavy (non-hydrogen) atoms. The molecule has 0 aromatic carbocycles. The molecule has 0 radical (unpaired) electrons. The second-order valence-electron chi connectivity index (χ2n) is 12.0. The van der Waals surface area contributed by atoms with Gasteiger partial charge in [-0.05, 0) is 118 Å². The maximum absolute atomic E-state index is 2.41. The zero-order valence-electron chi connectivity index (χ0n) is 19.5. The zero-order valence-corrected chi connectivity index (χ0v) is 19.5. The van der Waals surface area contributed by atoms with Gasteiger partial charge in [-0.3, -0.25) is 0 Å².